The van der Waals surface area contributed by atoms with E-state index in [9.17, 15) is 48.6 Å². The molecule has 0 saturated carbocycles. The van der Waals surface area contributed by atoms with E-state index in [2.05, 4.69) is 48.8 Å². The van der Waals surface area contributed by atoms with Gasteiger partial charge in [0.05, 0.1) is 71.7 Å². The molecule has 1 rings (SSSR count). The molecule has 0 spiro atoms. The predicted molar refractivity (Wildman–Crippen MR) is 272 cm³/mol. The van der Waals surface area contributed by atoms with Crippen LogP contribution in [0.4, 0.5) is 0 Å². The number of aliphatic hydroxyl groups is 1. The molecule has 0 aliphatic heterocycles. The molecule has 73 heavy (non-hydrogen) atoms. The molecule has 0 radical (unpaired) electrons. The van der Waals surface area contributed by atoms with E-state index in [1.165, 1.54) is 64.1 Å². The molecule has 0 aromatic carbocycles. The monoisotopic (exact) mass is 1040 g/mol. The first kappa shape index (κ1) is 66.1. The molecule has 0 bridgehead atoms. The molecule has 5 amide bonds. The van der Waals surface area contributed by atoms with E-state index in [1.54, 1.807) is 6.20 Å². The van der Waals surface area contributed by atoms with Crippen molar-refractivity contribution in [2.24, 2.45) is 5.73 Å². The van der Waals surface area contributed by atoms with Crippen molar-refractivity contribution in [1.82, 2.24) is 41.9 Å². The lowest BCUT2D eigenvalue weighted by atomic mass is 10.0. The van der Waals surface area contributed by atoms with Gasteiger partial charge in [-0.2, -0.15) is 0 Å². The maximum absolute atomic E-state index is 12.9. The van der Waals surface area contributed by atoms with Crippen molar-refractivity contribution in [3.8, 4) is 0 Å². The van der Waals surface area contributed by atoms with Gasteiger partial charge in [-0.3, -0.25) is 38.9 Å². The fraction of sp³-hybridized carbons (Fsp3) is 0.780. The lowest BCUT2D eigenvalue weighted by Gasteiger charge is -2.19. The van der Waals surface area contributed by atoms with Crippen LogP contribution in [0.5, 0.6) is 0 Å². The SMILES string of the molecule is CCCCCCCCCCCCCCCC(=O)N[C@@H](CCC(=O)NCCOCCOCC(=O)NCCOCCOCC(=O)NCCCC[C@H](NCC(=O)CCc1cnc[nH]1)C(=O)CN[C@@H](CO)C(N)=O)C(=O)O. The van der Waals surface area contributed by atoms with Gasteiger partial charge in [0.15, 0.2) is 5.78 Å². The number of amides is 5. The Morgan fingerprint density at radius 1 is 0.589 bits per heavy atom. The summed E-state index contributed by atoms with van der Waals surface area (Å²) in [7, 11) is 0. The normalized spacial score (nSPS) is 12.4. The number of aromatic amines is 1. The number of carboxylic acid groups (broad SMARTS) is 1. The van der Waals surface area contributed by atoms with E-state index in [-0.39, 0.29) is 140 Å². The molecule has 1 aromatic heterocycles. The van der Waals surface area contributed by atoms with Gasteiger partial charge >= 0.3 is 5.97 Å². The number of nitrogens with one attached hydrogen (secondary N) is 7. The number of ketones is 2. The van der Waals surface area contributed by atoms with Crippen LogP contribution in [0.3, 0.4) is 0 Å². The summed E-state index contributed by atoms with van der Waals surface area (Å²) in [5, 5.41) is 35.1. The Balaban J connectivity index is 2.04. The highest BCUT2D eigenvalue weighted by Crippen LogP contribution is 2.13. The van der Waals surface area contributed by atoms with E-state index in [4.69, 9.17) is 24.7 Å². The maximum Gasteiger partial charge on any atom is 0.326 e. The van der Waals surface area contributed by atoms with E-state index in [1.807, 2.05) is 0 Å². The van der Waals surface area contributed by atoms with Crippen LogP contribution in [0.15, 0.2) is 12.5 Å². The highest BCUT2D eigenvalue weighted by atomic mass is 16.5. The average Bonchev–Trinajstić information content (AvgIpc) is 3.90. The average molecular weight is 1040 g/mol. The molecule has 11 N–H and O–H groups in total. The molecule has 1 heterocycles. The number of unbranched alkanes of at least 4 members (excludes halogenated alkanes) is 13. The summed E-state index contributed by atoms with van der Waals surface area (Å²) in [6, 6.07) is -2.93. The number of carbonyl (C=O) groups excluding carboxylic acids is 7. The highest BCUT2D eigenvalue weighted by molar-refractivity contribution is 5.88. The second-order valence-electron chi connectivity index (χ2n) is 17.9. The Morgan fingerprint density at radius 3 is 1.68 bits per heavy atom. The first-order valence-electron chi connectivity index (χ1n) is 26.4. The Hall–Kier alpha value is -4.91. The zero-order chi connectivity index (χ0) is 53.6. The van der Waals surface area contributed by atoms with Gasteiger partial charge in [-0.1, -0.05) is 84.0 Å². The topological polar surface area (TPSA) is 341 Å². The minimum absolute atomic E-state index is 0.0265. The van der Waals surface area contributed by atoms with Gasteiger partial charge in [0.2, 0.25) is 29.5 Å². The number of aliphatic hydroxyl groups excluding tert-OH is 1. The van der Waals surface area contributed by atoms with Crippen LogP contribution in [0, 0.1) is 0 Å². The van der Waals surface area contributed by atoms with Crippen molar-refractivity contribution in [3.05, 3.63) is 18.2 Å². The Bertz CT molecular complexity index is 1660. The first-order chi connectivity index (χ1) is 35.4. The van der Waals surface area contributed by atoms with Crippen LogP contribution in [0.25, 0.3) is 0 Å². The number of carboxylic acids is 1. The number of ether oxygens (including phenoxy) is 4. The minimum atomic E-state index is -1.18. The van der Waals surface area contributed by atoms with Gasteiger partial charge < -0.3 is 66.5 Å². The zero-order valence-electron chi connectivity index (χ0n) is 43.5. The van der Waals surface area contributed by atoms with Crippen molar-refractivity contribution in [2.75, 3.05) is 92.2 Å². The summed E-state index contributed by atoms with van der Waals surface area (Å²) in [5.41, 5.74) is 6.05. The Kier molecular flexibility index (Phi) is 41.4. The molecular weight excluding hydrogens is 951 g/mol. The number of aromatic nitrogens is 2. The van der Waals surface area contributed by atoms with Crippen LogP contribution in [-0.4, -0.2) is 178 Å². The third kappa shape index (κ3) is 39.3. The smallest absolute Gasteiger partial charge is 0.326 e. The van der Waals surface area contributed by atoms with Gasteiger partial charge in [-0.05, 0) is 38.5 Å². The molecule has 0 fully saturated rings. The largest absolute Gasteiger partial charge is 0.480 e. The second kappa shape index (κ2) is 45.7. The number of rotatable bonds is 52. The maximum atomic E-state index is 12.9. The Labute approximate surface area is 431 Å². The zero-order valence-corrected chi connectivity index (χ0v) is 43.5. The third-order valence-corrected chi connectivity index (χ3v) is 11.6. The lowest BCUT2D eigenvalue weighted by Crippen LogP contribution is -2.50. The first-order valence-corrected chi connectivity index (χ1v) is 26.4. The van der Waals surface area contributed by atoms with E-state index < -0.39 is 36.6 Å². The van der Waals surface area contributed by atoms with Gasteiger partial charge in [0, 0.05) is 50.8 Å². The fourth-order valence-corrected chi connectivity index (χ4v) is 7.29. The number of hydrogen-bond donors (Lipinski definition) is 10. The quantitative estimate of drug-likeness (QED) is 0.0411. The number of primary amides is 1. The number of aliphatic carboxylic acids is 1. The molecule has 23 heteroatoms. The van der Waals surface area contributed by atoms with Crippen molar-refractivity contribution < 1.29 is 67.5 Å². The molecule has 3 atom stereocenters. The second-order valence-corrected chi connectivity index (χ2v) is 17.9. The summed E-state index contributed by atoms with van der Waals surface area (Å²) >= 11 is 0. The van der Waals surface area contributed by atoms with Crippen LogP contribution in [-0.2, 0) is 63.7 Å². The molecule has 0 aliphatic carbocycles. The molecule has 0 aliphatic rings. The van der Waals surface area contributed by atoms with Gasteiger partial charge in [-0.15, -0.1) is 0 Å². The van der Waals surface area contributed by atoms with E-state index in [0.717, 1.165) is 25.0 Å². The summed E-state index contributed by atoms with van der Waals surface area (Å²) in [4.78, 5) is 104. The van der Waals surface area contributed by atoms with Crippen LogP contribution in [0.2, 0.25) is 0 Å². The number of carbonyl (C=O) groups is 8. The van der Waals surface area contributed by atoms with Gasteiger partial charge in [0.1, 0.15) is 31.1 Å². The van der Waals surface area contributed by atoms with Crippen molar-refractivity contribution in [2.45, 2.75) is 160 Å². The van der Waals surface area contributed by atoms with Crippen molar-refractivity contribution in [3.63, 3.8) is 0 Å². The molecule has 418 valence electrons. The number of Topliss-reactive ketones (excluding diaryl/α,β-unsaturated/α-hetero) is 2. The molecule has 1 aromatic rings. The summed E-state index contributed by atoms with van der Waals surface area (Å²) in [6.45, 7) is 2.83. The minimum Gasteiger partial charge on any atom is -0.480 e. The van der Waals surface area contributed by atoms with Crippen molar-refractivity contribution in [1.29, 1.82) is 0 Å². The molecule has 23 nitrogen and oxygen atoms in total. The molecule has 0 saturated heterocycles. The predicted octanol–water partition coefficient (Wildman–Crippen LogP) is 1.29. The van der Waals surface area contributed by atoms with Gasteiger partial charge in [-0.25, -0.2) is 9.78 Å². The van der Waals surface area contributed by atoms with Crippen LogP contribution < -0.4 is 37.6 Å². The Morgan fingerprint density at radius 2 is 1.14 bits per heavy atom. The highest BCUT2D eigenvalue weighted by Gasteiger charge is 2.23. The lowest BCUT2D eigenvalue weighted by molar-refractivity contribution is -0.142. The number of nitrogens with two attached hydrogens (primary N) is 1. The molecular formula is C50H89N9O14. The van der Waals surface area contributed by atoms with Crippen LogP contribution in [0.1, 0.15) is 141 Å². The summed E-state index contributed by atoms with van der Waals surface area (Å²) < 4.78 is 21.5. The van der Waals surface area contributed by atoms with Crippen LogP contribution >= 0.6 is 0 Å². The summed E-state index contributed by atoms with van der Waals surface area (Å²) in [5.74, 6) is -3.74. The number of hydrogen-bond acceptors (Lipinski definition) is 16. The number of aryl methyl sites for hydroxylation is 1. The fourth-order valence-electron chi connectivity index (χ4n) is 7.29. The number of H-pyrrole nitrogens is 1. The number of nitrogens with zero attached hydrogens (tertiary/aromatic N) is 1. The van der Waals surface area contributed by atoms with E-state index in [0.29, 0.717) is 38.6 Å². The molecule has 0 unspecified atom stereocenters. The summed E-state index contributed by atoms with van der Waals surface area (Å²) in [6.07, 6.45) is 21.0. The van der Waals surface area contributed by atoms with E-state index >= 15 is 0 Å². The number of imidazole rings is 1. The third-order valence-electron chi connectivity index (χ3n) is 11.6. The standard InChI is InChI=1S/C50H89N9O14/c1-2-3-4-5-6-7-8-9-10-11-12-13-14-18-46(64)59-42(50(68)69)21-22-45(63)54-24-26-70-28-31-73-37-48(66)55-25-27-71-29-30-72-36-47(65)53-23-16-15-17-41(44(62)34-57-43(35-60)49(51)67)56-33-40(61)20-19-39-32-52-38-58-39/h32,38,41-43,56-57,60H,2-31,33-37H2,1H3,(H2,51,67)(H,52,58)(H,53,65)(H,54,63)(H,55,66)(H,59,64)(H,68,69)/t41-,42-,43-/m0/s1. The van der Waals surface area contributed by atoms with Gasteiger partial charge in [0.25, 0.3) is 0 Å². The van der Waals surface area contributed by atoms with Crippen molar-refractivity contribution >= 4 is 47.1 Å².